The first kappa shape index (κ1) is 15.0. The maximum Gasteiger partial charge on any atom is 0.408 e. The van der Waals surface area contributed by atoms with E-state index in [4.69, 9.17) is 9.84 Å². The lowest BCUT2D eigenvalue weighted by molar-refractivity contribution is -0.139. The van der Waals surface area contributed by atoms with Gasteiger partial charge < -0.3 is 15.2 Å². The van der Waals surface area contributed by atoms with E-state index in [0.717, 1.165) is 0 Å². The molecule has 0 saturated heterocycles. The van der Waals surface area contributed by atoms with Gasteiger partial charge in [0.05, 0.1) is 0 Å². The molecule has 0 radical (unpaired) electrons. The van der Waals surface area contributed by atoms with Gasteiger partial charge >= 0.3 is 12.1 Å². The van der Waals surface area contributed by atoms with E-state index in [9.17, 15) is 9.59 Å². The number of amides is 1. The van der Waals surface area contributed by atoms with Crippen molar-refractivity contribution in [2.24, 2.45) is 0 Å². The van der Waals surface area contributed by atoms with Crippen molar-refractivity contribution < 1.29 is 19.4 Å². The number of hydrogen-bond acceptors (Lipinski definition) is 3. The highest BCUT2D eigenvalue weighted by Gasteiger charge is 2.26. The Morgan fingerprint density at radius 2 is 1.89 bits per heavy atom. The molecule has 104 valence electrons. The number of carboxylic acids is 1. The number of ether oxygens (including phenoxy) is 1. The van der Waals surface area contributed by atoms with Gasteiger partial charge in [0.15, 0.2) is 6.04 Å². The molecule has 1 unspecified atom stereocenters. The number of benzene rings is 1. The first-order chi connectivity index (χ1) is 8.85. The van der Waals surface area contributed by atoms with Crippen LogP contribution >= 0.6 is 0 Å². The zero-order valence-electron chi connectivity index (χ0n) is 11.3. The molecule has 0 aromatic heterocycles. The summed E-state index contributed by atoms with van der Waals surface area (Å²) in [5, 5.41) is 11.5. The van der Waals surface area contributed by atoms with E-state index in [1.165, 1.54) is 0 Å². The van der Waals surface area contributed by atoms with Gasteiger partial charge in [0.25, 0.3) is 0 Å². The molecule has 1 rings (SSSR count). The molecule has 0 heterocycles. The minimum atomic E-state index is -1.13. The molecule has 0 aliphatic carbocycles. The third-order valence-electron chi connectivity index (χ3n) is 2.86. The quantitative estimate of drug-likeness (QED) is 0.858. The lowest BCUT2D eigenvalue weighted by Gasteiger charge is -2.24. The van der Waals surface area contributed by atoms with Crippen LogP contribution in [0, 0.1) is 0 Å². The van der Waals surface area contributed by atoms with Gasteiger partial charge in [-0.05, 0) is 25.8 Å². The molecule has 0 spiro atoms. The van der Waals surface area contributed by atoms with Gasteiger partial charge in [-0.2, -0.15) is 0 Å². The topological polar surface area (TPSA) is 75.6 Å². The summed E-state index contributed by atoms with van der Waals surface area (Å²) >= 11 is 0. The SMILES string of the molecule is CCC(C)(C)OC(=O)NC(C(=O)O)c1ccccc1. The summed E-state index contributed by atoms with van der Waals surface area (Å²) in [4.78, 5) is 22.9. The van der Waals surface area contributed by atoms with Gasteiger partial charge in [0.1, 0.15) is 5.60 Å². The Bertz CT molecular complexity index is 442. The maximum atomic E-state index is 11.7. The van der Waals surface area contributed by atoms with E-state index in [-0.39, 0.29) is 0 Å². The fourth-order valence-corrected chi connectivity index (χ4v) is 1.40. The highest BCUT2D eigenvalue weighted by molar-refractivity contribution is 5.81. The van der Waals surface area contributed by atoms with Crippen LogP contribution in [0.5, 0.6) is 0 Å². The number of hydrogen-bond donors (Lipinski definition) is 2. The summed E-state index contributed by atoms with van der Waals surface area (Å²) in [6.07, 6.45) is -0.0909. The van der Waals surface area contributed by atoms with E-state index in [1.807, 2.05) is 6.92 Å². The van der Waals surface area contributed by atoms with Crippen molar-refractivity contribution in [3.05, 3.63) is 35.9 Å². The predicted octanol–water partition coefficient (Wildman–Crippen LogP) is 2.73. The van der Waals surface area contributed by atoms with Crippen LogP contribution in [0.2, 0.25) is 0 Å². The van der Waals surface area contributed by atoms with Gasteiger partial charge in [0, 0.05) is 0 Å². The largest absolute Gasteiger partial charge is 0.479 e. The Hall–Kier alpha value is -2.04. The van der Waals surface area contributed by atoms with Crippen LogP contribution in [0.1, 0.15) is 38.8 Å². The first-order valence-electron chi connectivity index (χ1n) is 6.13. The number of aliphatic carboxylic acids is 1. The molecule has 0 fully saturated rings. The third-order valence-corrected chi connectivity index (χ3v) is 2.86. The molecule has 0 aliphatic rings. The van der Waals surface area contributed by atoms with Crippen molar-refractivity contribution in [3.8, 4) is 0 Å². The van der Waals surface area contributed by atoms with Crippen molar-refractivity contribution in [1.82, 2.24) is 5.32 Å². The number of nitrogens with one attached hydrogen (secondary N) is 1. The number of carboxylic acid groups (broad SMARTS) is 1. The van der Waals surface area contributed by atoms with Crippen LogP contribution in [-0.2, 0) is 9.53 Å². The molecule has 0 bridgehead atoms. The predicted molar refractivity (Wildman–Crippen MR) is 70.8 cm³/mol. The third kappa shape index (κ3) is 4.62. The van der Waals surface area contributed by atoms with E-state index >= 15 is 0 Å². The molecule has 1 amide bonds. The molecule has 1 aromatic carbocycles. The Balaban J connectivity index is 2.76. The van der Waals surface area contributed by atoms with Gasteiger partial charge in [0.2, 0.25) is 0 Å². The van der Waals surface area contributed by atoms with Crippen molar-refractivity contribution >= 4 is 12.1 Å². The second-order valence-electron chi connectivity index (χ2n) is 4.83. The average molecular weight is 265 g/mol. The van der Waals surface area contributed by atoms with Crippen LogP contribution in [0.25, 0.3) is 0 Å². The Labute approximate surface area is 112 Å². The second-order valence-corrected chi connectivity index (χ2v) is 4.83. The molecular weight excluding hydrogens is 246 g/mol. The Morgan fingerprint density at radius 1 is 1.32 bits per heavy atom. The molecule has 1 atom stereocenters. The van der Waals surface area contributed by atoms with E-state index < -0.39 is 23.7 Å². The fraction of sp³-hybridized carbons (Fsp3) is 0.429. The van der Waals surface area contributed by atoms with Gasteiger partial charge in [-0.25, -0.2) is 9.59 Å². The average Bonchev–Trinajstić information content (AvgIpc) is 2.36. The molecule has 1 aromatic rings. The van der Waals surface area contributed by atoms with Gasteiger partial charge in [-0.1, -0.05) is 37.3 Å². The molecular formula is C14H19NO4. The summed E-state index contributed by atoms with van der Waals surface area (Å²) in [5.74, 6) is -1.13. The fourth-order valence-electron chi connectivity index (χ4n) is 1.40. The van der Waals surface area contributed by atoms with Crippen LogP contribution in [0.4, 0.5) is 4.79 Å². The number of carbonyl (C=O) groups excluding carboxylic acids is 1. The van der Waals surface area contributed by atoms with Crippen LogP contribution in [-0.4, -0.2) is 22.8 Å². The summed E-state index contributed by atoms with van der Waals surface area (Å²) < 4.78 is 5.18. The monoisotopic (exact) mass is 265 g/mol. The zero-order chi connectivity index (χ0) is 14.5. The van der Waals surface area contributed by atoms with Crippen molar-refractivity contribution in [3.63, 3.8) is 0 Å². The lowest BCUT2D eigenvalue weighted by atomic mass is 10.1. The van der Waals surface area contributed by atoms with Gasteiger partial charge in [-0.3, -0.25) is 0 Å². The Kier molecular flexibility index (Phi) is 4.92. The molecule has 5 nitrogen and oxygen atoms in total. The maximum absolute atomic E-state index is 11.7. The number of rotatable bonds is 5. The molecule has 5 heteroatoms. The Morgan fingerprint density at radius 3 is 2.37 bits per heavy atom. The summed E-state index contributed by atoms with van der Waals surface area (Å²) in [5.41, 5.74) is -0.120. The van der Waals surface area contributed by atoms with E-state index in [2.05, 4.69) is 5.32 Å². The highest BCUT2D eigenvalue weighted by Crippen LogP contribution is 2.16. The molecule has 0 saturated carbocycles. The molecule has 19 heavy (non-hydrogen) atoms. The smallest absolute Gasteiger partial charge is 0.408 e. The van der Waals surface area contributed by atoms with Gasteiger partial charge in [-0.15, -0.1) is 0 Å². The summed E-state index contributed by atoms with van der Waals surface area (Å²) in [7, 11) is 0. The first-order valence-corrected chi connectivity index (χ1v) is 6.13. The summed E-state index contributed by atoms with van der Waals surface area (Å²) in [6.45, 7) is 5.43. The van der Waals surface area contributed by atoms with Crippen LogP contribution in [0.15, 0.2) is 30.3 Å². The minimum Gasteiger partial charge on any atom is -0.479 e. The van der Waals surface area contributed by atoms with Crippen LogP contribution in [0.3, 0.4) is 0 Å². The van der Waals surface area contributed by atoms with E-state index in [1.54, 1.807) is 44.2 Å². The van der Waals surface area contributed by atoms with E-state index in [0.29, 0.717) is 12.0 Å². The summed E-state index contributed by atoms with van der Waals surface area (Å²) in [6, 6.07) is 7.39. The highest BCUT2D eigenvalue weighted by atomic mass is 16.6. The van der Waals surface area contributed by atoms with Crippen molar-refractivity contribution in [1.29, 1.82) is 0 Å². The number of alkyl carbamates (subject to hydrolysis) is 1. The normalized spacial score (nSPS) is 12.6. The molecule has 2 N–H and O–H groups in total. The lowest BCUT2D eigenvalue weighted by Crippen LogP contribution is -2.38. The number of carbonyl (C=O) groups is 2. The van der Waals surface area contributed by atoms with Crippen molar-refractivity contribution in [2.75, 3.05) is 0 Å². The molecule has 0 aliphatic heterocycles. The standard InChI is InChI=1S/C14H19NO4/c1-4-14(2,3)19-13(18)15-11(12(16)17)10-8-6-5-7-9-10/h5-9,11H,4H2,1-3H3,(H,15,18)(H,16,17). The zero-order valence-corrected chi connectivity index (χ0v) is 11.3. The van der Waals surface area contributed by atoms with Crippen LogP contribution < -0.4 is 5.32 Å². The van der Waals surface area contributed by atoms with Crippen molar-refractivity contribution in [2.45, 2.75) is 38.8 Å². The minimum absolute atomic E-state index is 0.501. The second kappa shape index (κ2) is 6.22.